The predicted molar refractivity (Wildman–Crippen MR) is 94.5 cm³/mol. The molecule has 1 fully saturated rings. The summed E-state index contributed by atoms with van der Waals surface area (Å²) in [5.74, 6) is -0.264. The van der Waals surface area contributed by atoms with Crippen LogP contribution in [0.4, 0.5) is 5.69 Å². The Morgan fingerprint density at radius 2 is 2.00 bits per heavy atom. The van der Waals surface area contributed by atoms with Gasteiger partial charge in [-0.1, -0.05) is 12.1 Å². The van der Waals surface area contributed by atoms with E-state index in [0.29, 0.717) is 32.1 Å². The van der Waals surface area contributed by atoms with Crippen molar-refractivity contribution < 1.29 is 19.1 Å². The normalized spacial score (nSPS) is 18.5. The van der Waals surface area contributed by atoms with E-state index >= 15 is 0 Å². The minimum absolute atomic E-state index is 0.0862. The van der Waals surface area contributed by atoms with Crippen LogP contribution in [0.15, 0.2) is 29.2 Å². The van der Waals surface area contributed by atoms with E-state index in [1.165, 1.54) is 16.7 Å². The number of thioether (sulfide) groups is 1. The highest BCUT2D eigenvalue weighted by Crippen LogP contribution is 2.34. The molecule has 1 aromatic rings. The monoisotopic (exact) mass is 363 g/mol. The molecule has 0 aromatic heterocycles. The molecule has 2 heterocycles. The predicted octanol–water partition coefficient (Wildman–Crippen LogP) is 0.489. The number of anilines is 1. The van der Waals surface area contributed by atoms with Crippen molar-refractivity contribution in [3.8, 4) is 0 Å². The number of hydrogen-bond donors (Lipinski definition) is 1. The molecule has 1 atom stereocenters. The fourth-order valence-electron chi connectivity index (χ4n) is 2.88. The van der Waals surface area contributed by atoms with Crippen LogP contribution in [0.5, 0.6) is 0 Å². The SMILES string of the molecule is CC(NC(=O)CN1C(=O)CSc2ccccc21)C(=O)N1CCOCC1. The Morgan fingerprint density at radius 3 is 2.76 bits per heavy atom. The van der Waals surface area contributed by atoms with Crippen molar-refractivity contribution in [3.63, 3.8) is 0 Å². The van der Waals surface area contributed by atoms with Crippen molar-refractivity contribution in [2.45, 2.75) is 17.9 Å². The molecule has 1 unspecified atom stereocenters. The molecule has 2 aliphatic rings. The molecular formula is C17H21N3O4S. The van der Waals surface area contributed by atoms with Gasteiger partial charge in [-0.2, -0.15) is 0 Å². The van der Waals surface area contributed by atoms with Crippen LogP contribution in [0, 0.1) is 0 Å². The molecule has 0 saturated carbocycles. The third kappa shape index (κ3) is 4.13. The highest BCUT2D eigenvalue weighted by Gasteiger charge is 2.28. The lowest BCUT2D eigenvalue weighted by molar-refractivity contribution is -0.139. The molecule has 1 aromatic carbocycles. The Kier molecular flexibility index (Phi) is 5.60. The first-order chi connectivity index (χ1) is 12.1. The minimum Gasteiger partial charge on any atom is -0.378 e. The van der Waals surface area contributed by atoms with Gasteiger partial charge in [0.2, 0.25) is 17.7 Å². The van der Waals surface area contributed by atoms with Crippen molar-refractivity contribution in [2.75, 3.05) is 43.5 Å². The lowest BCUT2D eigenvalue weighted by Gasteiger charge is -2.31. The van der Waals surface area contributed by atoms with Gasteiger partial charge in [-0.05, 0) is 19.1 Å². The molecule has 134 valence electrons. The van der Waals surface area contributed by atoms with Crippen molar-refractivity contribution >= 4 is 35.2 Å². The van der Waals surface area contributed by atoms with Crippen molar-refractivity contribution in [1.82, 2.24) is 10.2 Å². The molecule has 0 bridgehead atoms. The number of nitrogens with one attached hydrogen (secondary N) is 1. The Labute approximate surface area is 150 Å². The molecule has 2 aliphatic heterocycles. The lowest BCUT2D eigenvalue weighted by atomic mass is 10.2. The third-order valence-corrected chi connectivity index (χ3v) is 5.23. The molecule has 3 rings (SSSR count). The third-order valence-electron chi connectivity index (χ3n) is 4.18. The van der Waals surface area contributed by atoms with Crippen LogP contribution in [0.2, 0.25) is 0 Å². The van der Waals surface area contributed by atoms with Crippen LogP contribution >= 0.6 is 11.8 Å². The van der Waals surface area contributed by atoms with Gasteiger partial charge in [0, 0.05) is 18.0 Å². The quantitative estimate of drug-likeness (QED) is 0.842. The number of hydrogen-bond acceptors (Lipinski definition) is 5. The van der Waals surface area contributed by atoms with Gasteiger partial charge in [0.15, 0.2) is 0 Å². The second-order valence-electron chi connectivity index (χ2n) is 5.96. The summed E-state index contributed by atoms with van der Waals surface area (Å²) in [4.78, 5) is 41.1. The zero-order valence-electron chi connectivity index (χ0n) is 14.1. The first-order valence-electron chi connectivity index (χ1n) is 8.24. The van der Waals surface area contributed by atoms with Gasteiger partial charge in [0.05, 0.1) is 24.7 Å². The molecule has 1 N–H and O–H groups in total. The number of morpholine rings is 1. The number of fused-ring (bicyclic) bond motifs is 1. The van der Waals surface area contributed by atoms with Crippen LogP contribution in [0.1, 0.15) is 6.92 Å². The Bertz CT molecular complexity index is 676. The van der Waals surface area contributed by atoms with Crippen LogP contribution in [0.25, 0.3) is 0 Å². The summed E-state index contributed by atoms with van der Waals surface area (Å²) in [7, 11) is 0. The molecule has 0 radical (unpaired) electrons. The Morgan fingerprint density at radius 1 is 1.28 bits per heavy atom. The molecular weight excluding hydrogens is 342 g/mol. The molecule has 8 heteroatoms. The second kappa shape index (κ2) is 7.88. The molecule has 7 nitrogen and oxygen atoms in total. The maximum atomic E-state index is 12.4. The van der Waals surface area contributed by atoms with Crippen molar-refractivity contribution in [1.29, 1.82) is 0 Å². The average molecular weight is 363 g/mol. The lowest BCUT2D eigenvalue weighted by Crippen LogP contribution is -2.52. The van der Waals surface area contributed by atoms with Crippen molar-refractivity contribution in [2.24, 2.45) is 0 Å². The van der Waals surface area contributed by atoms with E-state index < -0.39 is 6.04 Å². The van der Waals surface area contributed by atoms with E-state index in [0.717, 1.165) is 10.6 Å². The maximum absolute atomic E-state index is 12.4. The van der Waals surface area contributed by atoms with E-state index in [9.17, 15) is 14.4 Å². The zero-order chi connectivity index (χ0) is 17.8. The Balaban J connectivity index is 1.60. The smallest absolute Gasteiger partial charge is 0.245 e. The number of benzene rings is 1. The van der Waals surface area contributed by atoms with E-state index in [4.69, 9.17) is 4.74 Å². The summed E-state index contributed by atoms with van der Waals surface area (Å²) in [5.41, 5.74) is 0.742. The first kappa shape index (κ1) is 17.8. The molecule has 25 heavy (non-hydrogen) atoms. The van der Waals surface area contributed by atoms with E-state index in [-0.39, 0.29) is 24.3 Å². The van der Waals surface area contributed by atoms with Gasteiger partial charge >= 0.3 is 0 Å². The standard InChI is InChI=1S/C17H21N3O4S/c1-12(17(23)19-6-8-24-9-7-19)18-15(21)10-20-13-4-2-3-5-14(13)25-11-16(20)22/h2-5,12H,6-11H2,1H3,(H,18,21). The summed E-state index contributed by atoms with van der Waals surface area (Å²) < 4.78 is 5.23. The van der Waals surface area contributed by atoms with Gasteiger partial charge in [-0.3, -0.25) is 14.4 Å². The summed E-state index contributed by atoms with van der Waals surface area (Å²) in [6.07, 6.45) is 0. The van der Waals surface area contributed by atoms with Gasteiger partial charge < -0.3 is 19.9 Å². The summed E-state index contributed by atoms with van der Waals surface area (Å²) in [6, 6.07) is 6.88. The summed E-state index contributed by atoms with van der Waals surface area (Å²) in [5, 5.41) is 2.70. The zero-order valence-corrected chi connectivity index (χ0v) is 14.9. The number of carbonyl (C=O) groups excluding carboxylic acids is 3. The fourth-order valence-corrected chi connectivity index (χ4v) is 3.81. The van der Waals surface area contributed by atoms with Crippen molar-refractivity contribution in [3.05, 3.63) is 24.3 Å². The molecule has 1 saturated heterocycles. The number of amides is 3. The highest BCUT2D eigenvalue weighted by molar-refractivity contribution is 8.00. The minimum atomic E-state index is -0.630. The number of nitrogens with zero attached hydrogens (tertiary/aromatic N) is 2. The maximum Gasteiger partial charge on any atom is 0.245 e. The number of carbonyl (C=O) groups is 3. The van der Waals surface area contributed by atoms with Gasteiger partial charge in [-0.25, -0.2) is 0 Å². The summed E-state index contributed by atoms with van der Waals surface area (Å²) in [6.45, 7) is 3.68. The van der Waals surface area contributed by atoms with Gasteiger partial charge in [-0.15, -0.1) is 11.8 Å². The van der Waals surface area contributed by atoms with E-state index in [1.807, 2.05) is 24.3 Å². The van der Waals surface area contributed by atoms with Crippen LogP contribution in [-0.2, 0) is 19.1 Å². The molecule has 0 aliphatic carbocycles. The topological polar surface area (TPSA) is 79.0 Å². The largest absolute Gasteiger partial charge is 0.378 e. The van der Waals surface area contributed by atoms with Gasteiger partial charge in [0.25, 0.3) is 0 Å². The number of para-hydroxylation sites is 1. The fraction of sp³-hybridized carbons (Fsp3) is 0.471. The van der Waals surface area contributed by atoms with Crippen LogP contribution < -0.4 is 10.2 Å². The van der Waals surface area contributed by atoms with E-state index in [1.54, 1.807) is 11.8 Å². The van der Waals surface area contributed by atoms with Gasteiger partial charge in [0.1, 0.15) is 12.6 Å². The highest BCUT2D eigenvalue weighted by atomic mass is 32.2. The number of rotatable bonds is 4. The van der Waals surface area contributed by atoms with E-state index in [2.05, 4.69) is 5.32 Å². The average Bonchev–Trinajstić information content (AvgIpc) is 2.64. The number of ether oxygens (including phenoxy) is 1. The first-order valence-corrected chi connectivity index (χ1v) is 9.23. The Hall–Kier alpha value is -2.06. The molecule has 3 amide bonds. The summed E-state index contributed by atoms with van der Waals surface area (Å²) >= 11 is 1.47. The second-order valence-corrected chi connectivity index (χ2v) is 6.98. The molecule has 0 spiro atoms. The van der Waals surface area contributed by atoms with Crippen LogP contribution in [-0.4, -0.2) is 67.3 Å². The van der Waals surface area contributed by atoms with Crippen LogP contribution in [0.3, 0.4) is 0 Å².